The number of rotatable bonds is 1. The van der Waals surface area contributed by atoms with E-state index >= 15 is 0 Å². The van der Waals surface area contributed by atoms with Gasteiger partial charge >= 0.3 is 0 Å². The number of benzene rings is 1. The zero-order chi connectivity index (χ0) is 11.6. The van der Waals surface area contributed by atoms with E-state index in [1.807, 2.05) is 25.1 Å². The Bertz CT molecular complexity index is 428. The molecule has 0 saturated heterocycles. The van der Waals surface area contributed by atoms with Crippen LogP contribution < -0.4 is 0 Å². The minimum absolute atomic E-state index is 0.0856. The molecule has 0 atom stereocenters. The van der Waals surface area contributed by atoms with Gasteiger partial charge in [-0.25, -0.2) is 0 Å². The van der Waals surface area contributed by atoms with Gasteiger partial charge in [-0.1, -0.05) is 39.0 Å². The summed E-state index contributed by atoms with van der Waals surface area (Å²) in [6, 6.07) is 7.98. The van der Waals surface area contributed by atoms with Crippen molar-refractivity contribution in [3.63, 3.8) is 0 Å². The van der Waals surface area contributed by atoms with Gasteiger partial charge in [0.15, 0.2) is 0 Å². The predicted octanol–water partition coefficient (Wildman–Crippen LogP) is 3.89. The van der Waals surface area contributed by atoms with Gasteiger partial charge in [0, 0.05) is 0 Å². The van der Waals surface area contributed by atoms with E-state index in [0.717, 1.165) is 11.1 Å². The molecule has 0 spiro atoms. The number of hydrogen-bond donors (Lipinski definition) is 0. The number of nitrogens with zero attached hydrogens (tertiary/aromatic N) is 1. The van der Waals surface area contributed by atoms with Gasteiger partial charge in [-0.05, 0) is 35.6 Å². The summed E-state index contributed by atoms with van der Waals surface area (Å²) in [5.74, 6) is 0. The Morgan fingerprint density at radius 3 is 2.33 bits per heavy atom. The van der Waals surface area contributed by atoms with Crippen molar-refractivity contribution >= 4 is 5.57 Å². The maximum absolute atomic E-state index is 8.86. The summed E-state index contributed by atoms with van der Waals surface area (Å²) in [5, 5.41) is 8.86. The van der Waals surface area contributed by atoms with Gasteiger partial charge in [-0.2, -0.15) is 5.26 Å². The lowest BCUT2D eigenvalue weighted by molar-refractivity contribution is 0.588. The highest BCUT2D eigenvalue weighted by Crippen LogP contribution is 2.30. The molecule has 1 heteroatoms. The Morgan fingerprint density at radius 1 is 1.33 bits per heavy atom. The quantitative estimate of drug-likeness (QED) is 0.673. The van der Waals surface area contributed by atoms with Crippen molar-refractivity contribution in [1.82, 2.24) is 0 Å². The second-order valence-corrected chi connectivity index (χ2v) is 4.90. The van der Waals surface area contributed by atoms with Gasteiger partial charge in [0.05, 0.1) is 11.6 Å². The third-order valence-electron chi connectivity index (χ3n) is 2.42. The Labute approximate surface area is 92.1 Å². The van der Waals surface area contributed by atoms with E-state index in [1.165, 1.54) is 5.56 Å². The summed E-state index contributed by atoms with van der Waals surface area (Å²) in [4.78, 5) is 0. The topological polar surface area (TPSA) is 23.8 Å². The lowest BCUT2D eigenvalue weighted by Crippen LogP contribution is -2.13. The second kappa shape index (κ2) is 3.90. The van der Waals surface area contributed by atoms with Crippen LogP contribution >= 0.6 is 0 Å². The van der Waals surface area contributed by atoms with Crippen molar-refractivity contribution in [1.29, 1.82) is 5.26 Å². The van der Waals surface area contributed by atoms with Crippen LogP contribution in [0, 0.1) is 11.3 Å². The van der Waals surface area contributed by atoms with Gasteiger partial charge in [0.1, 0.15) is 0 Å². The lowest BCUT2D eigenvalue weighted by atomic mass is 9.81. The third kappa shape index (κ3) is 2.47. The summed E-state index contributed by atoms with van der Waals surface area (Å²) in [5.41, 5.74) is 4.14. The van der Waals surface area contributed by atoms with E-state index in [0.29, 0.717) is 5.56 Å². The minimum Gasteiger partial charge on any atom is -0.192 e. The normalized spacial score (nSPS) is 10.9. The van der Waals surface area contributed by atoms with Crippen LogP contribution in [0.3, 0.4) is 0 Å². The fourth-order valence-corrected chi connectivity index (χ4v) is 1.62. The molecule has 0 aliphatic rings. The van der Waals surface area contributed by atoms with Crippen LogP contribution in [-0.2, 0) is 5.41 Å². The molecule has 0 aliphatic heterocycles. The van der Waals surface area contributed by atoms with Gasteiger partial charge in [-0.15, -0.1) is 0 Å². The summed E-state index contributed by atoms with van der Waals surface area (Å²) < 4.78 is 0. The SMILES string of the molecule is C=C(C)c1cc(C#N)ccc1C(C)(C)C. The highest BCUT2D eigenvalue weighted by molar-refractivity contribution is 5.67. The molecule has 1 aromatic rings. The van der Waals surface area contributed by atoms with Crippen LogP contribution in [0.2, 0.25) is 0 Å². The minimum atomic E-state index is 0.0856. The van der Waals surface area contributed by atoms with E-state index < -0.39 is 0 Å². The number of hydrogen-bond acceptors (Lipinski definition) is 1. The molecule has 78 valence electrons. The van der Waals surface area contributed by atoms with Crippen molar-refractivity contribution in [3.8, 4) is 6.07 Å². The lowest BCUT2D eigenvalue weighted by Gasteiger charge is -2.23. The predicted molar refractivity (Wildman–Crippen MR) is 64.6 cm³/mol. The standard InChI is InChI=1S/C14H17N/c1-10(2)12-8-11(9-15)6-7-13(12)14(3,4)5/h6-8H,1H2,2-5H3. The van der Waals surface area contributed by atoms with Crippen LogP contribution in [0.4, 0.5) is 0 Å². The van der Waals surface area contributed by atoms with Crippen molar-refractivity contribution in [2.45, 2.75) is 33.1 Å². The molecule has 1 nitrogen and oxygen atoms in total. The van der Waals surface area contributed by atoms with E-state index in [1.54, 1.807) is 0 Å². The molecule has 0 amide bonds. The smallest absolute Gasteiger partial charge is 0.0991 e. The highest BCUT2D eigenvalue weighted by Gasteiger charge is 2.18. The molecule has 15 heavy (non-hydrogen) atoms. The average molecular weight is 199 g/mol. The summed E-state index contributed by atoms with van der Waals surface area (Å²) in [6.07, 6.45) is 0. The summed E-state index contributed by atoms with van der Waals surface area (Å²) >= 11 is 0. The first-order valence-corrected chi connectivity index (χ1v) is 5.07. The molecule has 0 saturated carbocycles. The molecule has 0 bridgehead atoms. The third-order valence-corrected chi connectivity index (χ3v) is 2.42. The largest absolute Gasteiger partial charge is 0.192 e. The average Bonchev–Trinajstić information content (AvgIpc) is 2.15. The summed E-state index contributed by atoms with van der Waals surface area (Å²) in [6.45, 7) is 12.4. The van der Waals surface area contributed by atoms with E-state index in [-0.39, 0.29) is 5.41 Å². The van der Waals surface area contributed by atoms with Crippen LogP contribution in [0.1, 0.15) is 44.4 Å². The monoisotopic (exact) mass is 199 g/mol. The van der Waals surface area contributed by atoms with Gasteiger partial charge < -0.3 is 0 Å². The van der Waals surface area contributed by atoms with Crippen LogP contribution in [0.5, 0.6) is 0 Å². The maximum atomic E-state index is 8.86. The zero-order valence-electron chi connectivity index (χ0n) is 9.89. The maximum Gasteiger partial charge on any atom is 0.0991 e. The summed E-state index contributed by atoms with van der Waals surface area (Å²) in [7, 11) is 0. The Balaban J connectivity index is 3.42. The molecular formula is C14H17N. The number of allylic oxidation sites excluding steroid dienone is 1. The Kier molecular flexibility index (Phi) is 3.00. The molecule has 0 aromatic heterocycles. The van der Waals surface area contributed by atoms with Crippen molar-refractivity contribution < 1.29 is 0 Å². The second-order valence-electron chi connectivity index (χ2n) is 4.90. The molecule has 0 radical (unpaired) electrons. The molecule has 0 aliphatic carbocycles. The van der Waals surface area contributed by atoms with Gasteiger partial charge in [0.25, 0.3) is 0 Å². The van der Waals surface area contributed by atoms with Crippen LogP contribution in [0.25, 0.3) is 5.57 Å². The first kappa shape index (κ1) is 11.5. The fraction of sp³-hybridized carbons (Fsp3) is 0.357. The van der Waals surface area contributed by atoms with E-state index in [2.05, 4.69) is 33.4 Å². The molecule has 0 heterocycles. The molecule has 1 rings (SSSR count). The first-order valence-electron chi connectivity index (χ1n) is 5.07. The van der Waals surface area contributed by atoms with E-state index in [4.69, 9.17) is 5.26 Å². The van der Waals surface area contributed by atoms with Crippen LogP contribution in [0.15, 0.2) is 24.8 Å². The van der Waals surface area contributed by atoms with Crippen molar-refractivity contribution in [2.75, 3.05) is 0 Å². The highest BCUT2D eigenvalue weighted by atomic mass is 14.3. The fourth-order valence-electron chi connectivity index (χ4n) is 1.62. The van der Waals surface area contributed by atoms with Gasteiger partial charge in [0.2, 0.25) is 0 Å². The van der Waals surface area contributed by atoms with Crippen molar-refractivity contribution in [3.05, 3.63) is 41.5 Å². The number of nitriles is 1. The van der Waals surface area contributed by atoms with Crippen molar-refractivity contribution in [2.24, 2.45) is 0 Å². The molecule has 0 fully saturated rings. The van der Waals surface area contributed by atoms with Crippen LogP contribution in [-0.4, -0.2) is 0 Å². The molecule has 0 unspecified atom stereocenters. The Morgan fingerprint density at radius 2 is 1.93 bits per heavy atom. The van der Waals surface area contributed by atoms with E-state index in [9.17, 15) is 0 Å². The molecule has 1 aromatic carbocycles. The zero-order valence-corrected chi connectivity index (χ0v) is 9.89. The van der Waals surface area contributed by atoms with Gasteiger partial charge in [-0.3, -0.25) is 0 Å². The molecule has 0 N–H and O–H groups in total. The molecular weight excluding hydrogens is 182 g/mol. The Hall–Kier alpha value is -1.55. The first-order chi connectivity index (χ1) is 6.86.